The SMILES string of the molecule is O=C(O)C1C=CCCC1(C(=O)O)C1CC=CCC1. The van der Waals surface area contributed by atoms with Crippen LogP contribution in [0, 0.1) is 17.3 Å². The van der Waals surface area contributed by atoms with Gasteiger partial charge in [0, 0.05) is 0 Å². The third-order valence-electron chi connectivity index (χ3n) is 4.27. The molecule has 0 spiro atoms. The van der Waals surface area contributed by atoms with E-state index in [1.807, 2.05) is 12.2 Å². The van der Waals surface area contributed by atoms with Gasteiger partial charge in [0.2, 0.25) is 0 Å². The maximum Gasteiger partial charge on any atom is 0.311 e. The van der Waals surface area contributed by atoms with E-state index in [1.54, 1.807) is 12.2 Å². The Labute approximate surface area is 106 Å². The molecule has 0 aliphatic heterocycles. The monoisotopic (exact) mass is 250 g/mol. The normalized spacial score (nSPS) is 35.3. The minimum absolute atomic E-state index is 0.0777. The molecule has 4 heteroatoms. The summed E-state index contributed by atoms with van der Waals surface area (Å²) < 4.78 is 0. The second-order valence-corrected chi connectivity index (χ2v) is 5.11. The van der Waals surface area contributed by atoms with Gasteiger partial charge in [-0.05, 0) is 38.0 Å². The number of carbonyl (C=O) groups is 2. The summed E-state index contributed by atoms with van der Waals surface area (Å²) >= 11 is 0. The first-order chi connectivity index (χ1) is 8.59. The second-order valence-electron chi connectivity index (χ2n) is 5.11. The van der Waals surface area contributed by atoms with Crippen LogP contribution >= 0.6 is 0 Å². The first kappa shape index (κ1) is 12.9. The summed E-state index contributed by atoms with van der Waals surface area (Å²) in [6.45, 7) is 0. The molecule has 18 heavy (non-hydrogen) atoms. The van der Waals surface area contributed by atoms with Gasteiger partial charge in [0.15, 0.2) is 0 Å². The molecule has 0 amide bonds. The van der Waals surface area contributed by atoms with Crippen LogP contribution in [0.25, 0.3) is 0 Å². The predicted octanol–water partition coefficient (Wildman–Crippen LogP) is 2.46. The van der Waals surface area contributed by atoms with Crippen molar-refractivity contribution < 1.29 is 19.8 Å². The summed E-state index contributed by atoms with van der Waals surface area (Å²) in [7, 11) is 0. The standard InChI is InChI=1S/C14H18O4/c15-12(16)11-8-4-5-9-14(11,13(17)18)10-6-2-1-3-7-10/h1-2,4,8,10-11H,3,5-7,9H2,(H,15,16)(H,17,18). The molecular formula is C14H18O4. The molecule has 3 atom stereocenters. The summed E-state index contributed by atoms with van der Waals surface area (Å²) in [6, 6.07) is 0. The molecule has 0 bridgehead atoms. The smallest absolute Gasteiger partial charge is 0.311 e. The van der Waals surface area contributed by atoms with Crippen molar-refractivity contribution in [2.45, 2.75) is 32.1 Å². The van der Waals surface area contributed by atoms with Crippen LogP contribution in [0.3, 0.4) is 0 Å². The predicted molar refractivity (Wildman–Crippen MR) is 66.0 cm³/mol. The summed E-state index contributed by atoms with van der Waals surface area (Å²) in [6.07, 6.45) is 10.7. The molecule has 0 aromatic heterocycles. The van der Waals surface area contributed by atoms with Crippen LogP contribution in [0.5, 0.6) is 0 Å². The fourth-order valence-corrected chi connectivity index (χ4v) is 3.32. The Morgan fingerprint density at radius 3 is 2.44 bits per heavy atom. The Morgan fingerprint density at radius 1 is 1.11 bits per heavy atom. The largest absolute Gasteiger partial charge is 0.481 e. The molecule has 2 rings (SSSR count). The molecule has 2 aliphatic carbocycles. The number of hydrogen-bond acceptors (Lipinski definition) is 2. The maximum atomic E-state index is 11.8. The van der Waals surface area contributed by atoms with E-state index in [0.29, 0.717) is 19.3 Å². The zero-order chi connectivity index (χ0) is 13.2. The van der Waals surface area contributed by atoms with E-state index in [4.69, 9.17) is 0 Å². The highest BCUT2D eigenvalue weighted by atomic mass is 16.4. The lowest BCUT2D eigenvalue weighted by Crippen LogP contribution is -2.48. The van der Waals surface area contributed by atoms with Crippen LogP contribution in [-0.4, -0.2) is 22.2 Å². The van der Waals surface area contributed by atoms with Crippen LogP contribution in [0.4, 0.5) is 0 Å². The van der Waals surface area contributed by atoms with Crippen LogP contribution in [0.2, 0.25) is 0 Å². The van der Waals surface area contributed by atoms with Gasteiger partial charge in [-0.15, -0.1) is 0 Å². The van der Waals surface area contributed by atoms with Gasteiger partial charge in [0.1, 0.15) is 0 Å². The first-order valence-corrected chi connectivity index (χ1v) is 6.37. The van der Waals surface area contributed by atoms with Gasteiger partial charge >= 0.3 is 11.9 Å². The van der Waals surface area contributed by atoms with Crippen molar-refractivity contribution in [1.82, 2.24) is 0 Å². The molecule has 2 aliphatic rings. The van der Waals surface area contributed by atoms with Crippen LogP contribution in [-0.2, 0) is 9.59 Å². The maximum absolute atomic E-state index is 11.8. The lowest BCUT2D eigenvalue weighted by atomic mass is 9.59. The van der Waals surface area contributed by atoms with Gasteiger partial charge in [-0.2, -0.15) is 0 Å². The van der Waals surface area contributed by atoms with Crippen LogP contribution < -0.4 is 0 Å². The van der Waals surface area contributed by atoms with Gasteiger partial charge < -0.3 is 10.2 Å². The summed E-state index contributed by atoms with van der Waals surface area (Å²) in [5, 5.41) is 19.0. The molecule has 0 saturated carbocycles. The minimum atomic E-state index is -1.13. The molecular weight excluding hydrogens is 232 g/mol. The minimum Gasteiger partial charge on any atom is -0.481 e. The van der Waals surface area contributed by atoms with E-state index in [0.717, 1.165) is 12.8 Å². The van der Waals surface area contributed by atoms with Gasteiger partial charge in [-0.1, -0.05) is 24.3 Å². The highest BCUT2D eigenvalue weighted by molar-refractivity contribution is 5.85. The lowest BCUT2D eigenvalue weighted by Gasteiger charge is -2.42. The van der Waals surface area contributed by atoms with Crippen molar-refractivity contribution in [3.05, 3.63) is 24.3 Å². The number of hydrogen-bond donors (Lipinski definition) is 2. The van der Waals surface area contributed by atoms with Crippen molar-refractivity contribution in [3.63, 3.8) is 0 Å². The van der Waals surface area contributed by atoms with Crippen molar-refractivity contribution in [2.75, 3.05) is 0 Å². The van der Waals surface area contributed by atoms with E-state index in [1.165, 1.54) is 0 Å². The average molecular weight is 250 g/mol. The van der Waals surface area contributed by atoms with Gasteiger partial charge in [0.25, 0.3) is 0 Å². The average Bonchev–Trinajstić information content (AvgIpc) is 2.39. The number of carboxylic acids is 2. The highest BCUT2D eigenvalue weighted by Gasteiger charge is 2.53. The summed E-state index contributed by atoms with van der Waals surface area (Å²) in [4.78, 5) is 23.2. The molecule has 0 heterocycles. The van der Waals surface area contributed by atoms with Gasteiger partial charge in [-0.3, -0.25) is 9.59 Å². The third-order valence-corrected chi connectivity index (χ3v) is 4.27. The summed E-state index contributed by atoms with van der Waals surface area (Å²) in [5.74, 6) is -2.96. The van der Waals surface area contributed by atoms with Gasteiger partial charge in [-0.25, -0.2) is 0 Å². The van der Waals surface area contributed by atoms with Crippen molar-refractivity contribution in [1.29, 1.82) is 0 Å². The fraction of sp³-hybridized carbons (Fsp3) is 0.571. The molecule has 0 fully saturated rings. The quantitative estimate of drug-likeness (QED) is 0.754. The van der Waals surface area contributed by atoms with Crippen LogP contribution in [0.15, 0.2) is 24.3 Å². The van der Waals surface area contributed by atoms with Crippen LogP contribution in [0.1, 0.15) is 32.1 Å². The van der Waals surface area contributed by atoms with E-state index in [9.17, 15) is 19.8 Å². The molecule has 3 unspecified atom stereocenters. The van der Waals surface area contributed by atoms with E-state index in [-0.39, 0.29) is 5.92 Å². The molecule has 98 valence electrons. The topological polar surface area (TPSA) is 74.6 Å². The molecule has 0 saturated heterocycles. The van der Waals surface area contributed by atoms with Gasteiger partial charge in [0.05, 0.1) is 11.3 Å². The Balaban J connectivity index is 2.41. The molecule has 0 aromatic carbocycles. The Bertz CT molecular complexity index is 410. The van der Waals surface area contributed by atoms with Crippen molar-refractivity contribution in [3.8, 4) is 0 Å². The highest BCUT2D eigenvalue weighted by Crippen LogP contribution is 2.49. The molecule has 0 radical (unpaired) electrons. The first-order valence-electron chi connectivity index (χ1n) is 6.37. The van der Waals surface area contributed by atoms with E-state index in [2.05, 4.69) is 0 Å². The molecule has 4 nitrogen and oxygen atoms in total. The van der Waals surface area contributed by atoms with E-state index >= 15 is 0 Å². The number of rotatable bonds is 3. The summed E-state index contributed by atoms with van der Waals surface area (Å²) in [5.41, 5.74) is -1.13. The Hall–Kier alpha value is -1.58. The third kappa shape index (κ3) is 1.96. The number of carboxylic acid groups (broad SMARTS) is 2. The molecule has 2 N–H and O–H groups in total. The Kier molecular flexibility index (Phi) is 3.55. The van der Waals surface area contributed by atoms with Crippen molar-refractivity contribution >= 4 is 11.9 Å². The number of allylic oxidation sites excluding steroid dienone is 3. The second kappa shape index (κ2) is 4.96. The molecule has 0 aromatic rings. The Morgan fingerprint density at radius 2 is 1.89 bits per heavy atom. The van der Waals surface area contributed by atoms with Crippen molar-refractivity contribution in [2.24, 2.45) is 17.3 Å². The number of aliphatic carboxylic acids is 2. The zero-order valence-electron chi connectivity index (χ0n) is 10.2. The zero-order valence-corrected chi connectivity index (χ0v) is 10.2. The lowest BCUT2D eigenvalue weighted by molar-refractivity contribution is -0.166. The fourth-order valence-electron chi connectivity index (χ4n) is 3.32. The van der Waals surface area contributed by atoms with E-state index < -0.39 is 23.3 Å².